The van der Waals surface area contributed by atoms with Gasteiger partial charge in [0, 0.05) is 36.0 Å². The quantitative estimate of drug-likeness (QED) is 0.579. The third-order valence-corrected chi connectivity index (χ3v) is 6.26. The molecule has 0 spiro atoms. The summed E-state index contributed by atoms with van der Waals surface area (Å²) in [6.45, 7) is 0.570. The summed E-state index contributed by atoms with van der Waals surface area (Å²) < 4.78 is 6.96. The largest absolute Gasteiger partial charge is 0.497 e. The molecule has 1 fully saturated rings. The van der Waals surface area contributed by atoms with E-state index < -0.39 is 17.9 Å². The number of methoxy groups -OCH3 is 1. The van der Waals surface area contributed by atoms with Crippen LogP contribution in [0.15, 0.2) is 42.5 Å². The van der Waals surface area contributed by atoms with Crippen molar-refractivity contribution in [2.45, 2.75) is 32.0 Å². The Morgan fingerprint density at radius 3 is 2.70 bits per heavy atom. The standard InChI is InChI=1S/C24H21N3O6/c1-33-16-3-5-18-14(9-16)10-20(24(31)32)26(18)11-13-2-4-17-15(8-13)12-27(23(17)30)19-6-7-21(28)25-22(19)29/h2-5,8-10,19H,6-7,11-12H2,1H3,(H,31,32)(H,25,28,29). The molecule has 0 aliphatic carbocycles. The Bertz CT molecular complexity index is 1340. The summed E-state index contributed by atoms with van der Waals surface area (Å²) in [6.07, 6.45) is 0.503. The van der Waals surface area contributed by atoms with Gasteiger partial charge in [0.05, 0.1) is 7.11 Å². The van der Waals surface area contributed by atoms with E-state index in [1.807, 2.05) is 12.1 Å². The van der Waals surface area contributed by atoms with Gasteiger partial charge in [-0.05, 0) is 47.9 Å². The monoisotopic (exact) mass is 447 g/mol. The van der Waals surface area contributed by atoms with Crippen LogP contribution in [0.1, 0.15) is 44.8 Å². The Hall–Kier alpha value is -4.14. The van der Waals surface area contributed by atoms with E-state index in [-0.39, 0.29) is 30.5 Å². The van der Waals surface area contributed by atoms with Crippen LogP contribution in [0.25, 0.3) is 10.9 Å². The number of rotatable bonds is 5. The molecule has 1 saturated heterocycles. The maximum absolute atomic E-state index is 12.9. The van der Waals surface area contributed by atoms with Crippen LogP contribution >= 0.6 is 0 Å². The van der Waals surface area contributed by atoms with Crippen LogP contribution in [0.5, 0.6) is 5.75 Å². The van der Waals surface area contributed by atoms with Gasteiger partial charge in [-0.1, -0.05) is 12.1 Å². The number of carboxylic acids is 1. The number of hydrogen-bond donors (Lipinski definition) is 2. The number of nitrogens with one attached hydrogen (secondary N) is 1. The third kappa shape index (κ3) is 3.51. The van der Waals surface area contributed by atoms with Crippen LogP contribution in [0.2, 0.25) is 0 Å². The Morgan fingerprint density at radius 2 is 1.97 bits per heavy atom. The lowest BCUT2D eigenvalue weighted by atomic mass is 10.0. The summed E-state index contributed by atoms with van der Waals surface area (Å²) in [5, 5.41) is 12.8. The van der Waals surface area contributed by atoms with Gasteiger partial charge in [-0.2, -0.15) is 0 Å². The van der Waals surface area contributed by atoms with Crippen molar-refractivity contribution in [1.82, 2.24) is 14.8 Å². The number of benzene rings is 2. The van der Waals surface area contributed by atoms with Gasteiger partial charge in [0.1, 0.15) is 17.5 Å². The topological polar surface area (TPSA) is 118 Å². The van der Waals surface area contributed by atoms with Gasteiger partial charge in [-0.3, -0.25) is 19.7 Å². The minimum atomic E-state index is -1.04. The Kier molecular flexibility index (Phi) is 4.88. The highest BCUT2D eigenvalue weighted by atomic mass is 16.5. The zero-order valence-corrected chi connectivity index (χ0v) is 17.8. The van der Waals surface area contributed by atoms with Gasteiger partial charge >= 0.3 is 5.97 Å². The van der Waals surface area contributed by atoms with Crippen LogP contribution in [0.4, 0.5) is 0 Å². The van der Waals surface area contributed by atoms with Crippen molar-refractivity contribution in [2.24, 2.45) is 0 Å². The van der Waals surface area contributed by atoms with Gasteiger partial charge < -0.3 is 19.3 Å². The van der Waals surface area contributed by atoms with Crippen molar-refractivity contribution in [1.29, 1.82) is 0 Å². The number of aromatic nitrogens is 1. The molecular formula is C24H21N3O6. The second-order valence-corrected chi connectivity index (χ2v) is 8.24. The highest BCUT2D eigenvalue weighted by Gasteiger charge is 2.39. The van der Waals surface area contributed by atoms with E-state index in [0.717, 1.165) is 22.0 Å². The molecule has 2 aliphatic heterocycles. The molecule has 9 heteroatoms. The van der Waals surface area contributed by atoms with E-state index in [1.165, 1.54) is 4.90 Å². The number of nitrogens with zero attached hydrogens (tertiary/aromatic N) is 2. The minimum absolute atomic E-state index is 0.153. The van der Waals surface area contributed by atoms with E-state index in [1.54, 1.807) is 42.0 Å². The molecule has 5 rings (SSSR count). The number of carboxylic acid groups (broad SMARTS) is 1. The number of aromatic carboxylic acids is 1. The first-order valence-corrected chi connectivity index (χ1v) is 10.5. The first-order chi connectivity index (χ1) is 15.9. The summed E-state index contributed by atoms with van der Waals surface area (Å²) in [5.74, 6) is -1.41. The molecule has 2 aromatic carbocycles. The number of carbonyl (C=O) groups excluding carboxylic acids is 3. The molecule has 1 unspecified atom stereocenters. The predicted molar refractivity (Wildman–Crippen MR) is 117 cm³/mol. The van der Waals surface area contributed by atoms with Crippen LogP contribution in [-0.2, 0) is 22.7 Å². The molecule has 0 bridgehead atoms. The fraction of sp³-hybridized carbons (Fsp3) is 0.250. The molecular weight excluding hydrogens is 426 g/mol. The maximum Gasteiger partial charge on any atom is 0.352 e. The highest BCUT2D eigenvalue weighted by molar-refractivity contribution is 6.05. The lowest BCUT2D eigenvalue weighted by molar-refractivity contribution is -0.136. The van der Waals surface area contributed by atoms with Crippen molar-refractivity contribution in [3.8, 4) is 5.75 Å². The van der Waals surface area contributed by atoms with Crippen molar-refractivity contribution >= 4 is 34.6 Å². The van der Waals surface area contributed by atoms with Gasteiger partial charge in [0.2, 0.25) is 11.8 Å². The average Bonchev–Trinajstić information content (AvgIpc) is 3.31. The SMILES string of the molecule is COc1ccc2c(c1)cc(C(=O)O)n2Cc1ccc2c(c1)CN(C1CCC(=O)NC1=O)C2=O. The first-order valence-electron chi connectivity index (χ1n) is 10.5. The summed E-state index contributed by atoms with van der Waals surface area (Å²) in [7, 11) is 1.56. The van der Waals surface area contributed by atoms with E-state index >= 15 is 0 Å². The average molecular weight is 447 g/mol. The number of piperidine rings is 1. The van der Waals surface area contributed by atoms with Crippen LogP contribution in [0, 0.1) is 0 Å². The molecule has 2 aliphatic rings. The van der Waals surface area contributed by atoms with E-state index in [0.29, 0.717) is 24.3 Å². The fourth-order valence-electron chi connectivity index (χ4n) is 4.63. The second-order valence-electron chi connectivity index (χ2n) is 8.24. The van der Waals surface area contributed by atoms with Gasteiger partial charge in [0.25, 0.3) is 5.91 Å². The summed E-state index contributed by atoms with van der Waals surface area (Å²) in [4.78, 5) is 50.0. The van der Waals surface area contributed by atoms with Crippen molar-refractivity contribution in [2.75, 3.05) is 7.11 Å². The van der Waals surface area contributed by atoms with E-state index in [4.69, 9.17) is 4.74 Å². The maximum atomic E-state index is 12.9. The summed E-state index contributed by atoms with van der Waals surface area (Å²) >= 11 is 0. The summed E-state index contributed by atoms with van der Waals surface area (Å²) in [6, 6.07) is 11.7. The Morgan fingerprint density at radius 1 is 1.15 bits per heavy atom. The third-order valence-electron chi connectivity index (χ3n) is 6.26. The smallest absolute Gasteiger partial charge is 0.352 e. The number of amides is 3. The molecule has 3 aromatic rings. The first kappa shape index (κ1) is 20.7. The van der Waals surface area contributed by atoms with Crippen LogP contribution < -0.4 is 10.1 Å². The lowest BCUT2D eigenvalue weighted by Crippen LogP contribution is -2.52. The second kappa shape index (κ2) is 7.77. The molecule has 3 heterocycles. The van der Waals surface area contributed by atoms with Gasteiger partial charge in [-0.15, -0.1) is 0 Å². The molecule has 1 atom stereocenters. The normalized spacial score (nSPS) is 17.9. The van der Waals surface area contributed by atoms with Crippen LogP contribution in [0.3, 0.4) is 0 Å². The molecule has 9 nitrogen and oxygen atoms in total. The molecule has 3 amide bonds. The Labute approximate surface area is 188 Å². The molecule has 168 valence electrons. The highest BCUT2D eigenvalue weighted by Crippen LogP contribution is 2.30. The van der Waals surface area contributed by atoms with E-state index in [2.05, 4.69) is 5.32 Å². The lowest BCUT2D eigenvalue weighted by Gasteiger charge is -2.29. The Balaban J connectivity index is 1.45. The van der Waals surface area contributed by atoms with Gasteiger partial charge in [0.15, 0.2) is 0 Å². The zero-order chi connectivity index (χ0) is 23.3. The van der Waals surface area contributed by atoms with Crippen molar-refractivity contribution in [3.63, 3.8) is 0 Å². The predicted octanol–water partition coefficient (Wildman–Crippen LogP) is 2.16. The molecule has 1 aromatic heterocycles. The number of imide groups is 1. The van der Waals surface area contributed by atoms with Gasteiger partial charge in [-0.25, -0.2) is 4.79 Å². The molecule has 2 N–H and O–H groups in total. The fourth-order valence-corrected chi connectivity index (χ4v) is 4.63. The number of ether oxygens (including phenoxy) is 1. The summed E-state index contributed by atoms with van der Waals surface area (Å²) in [5.41, 5.74) is 3.04. The number of hydrogen-bond acceptors (Lipinski definition) is 5. The molecule has 0 saturated carbocycles. The minimum Gasteiger partial charge on any atom is -0.497 e. The number of carbonyl (C=O) groups is 4. The van der Waals surface area contributed by atoms with Crippen LogP contribution in [-0.4, -0.2) is 51.4 Å². The number of fused-ring (bicyclic) bond motifs is 2. The molecule has 0 radical (unpaired) electrons. The van der Waals surface area contributed by atoms with E-state index in [9.17, 15) is 24.3 Å². The molecule has 33 heavy (non-hydrogen) atoms. The zero-order valence-electron chi connectivity index (χ0n) is 17.8. The van der Waals surface area contributed by atoms with Crippen molar-refractivity contribution in [3.05, 3.63) is 64.8 Å². The van der Waals surface area contributed by atoms with Crippen molar-refractivity contribution < 1.29 is 29.0 Å².